The van der Waals surface area contributed by atoms with E-state index in [-0.39, 0.29) is 47.9 Å². The van der Waals surface area contributed by atoms with Gasteiger partial charge in [-0.05, 0) is 82.5 Å². The monoisotopic (exact) mass is 743 g/mol. The number of benzene rings is 1. The molecule has 13 heteroatoms. The Morgan fingerprint density at radius 2 is 1.65 bits per heavy atom. The molecule has 2 saturated heterocycles. The Labute approximate surface area is 318 Å². The van der Waals surface area contributed by atoms with Gasteiger partial charge in [0.05, 0.1) is 30.6 Å². The first-order valence-electron chi connectivity index (χ1n) is 18.8. The SMILES string of the molecule is COC(=O)c1ccc(N2CCN(C[C@H]3CN(C(=O)OC(C)(C)C)[C@H](C)CN3CC(=O)N3CC(C)(C)c4ncc(Cc5ccc(F)cc5)cc43)C(C)C2)nc1. The van der Waals surface area contributed by atoms with Crippen molar-refractivity contribution in [2.75, 3.05) is 69.3 Å². The van der Waals surface area contributed by atoms with E-state index in [1.165, 1.54) is 19.2 Å². The molecular weight excluding hydrogens is 689 g/mol. The van der Waals surface area contributed by atoms with Crippen LogP contribution in [-0.2, 0) is 26.1 Å². The van der Waals surface area contributed by atoms with Crippen LogP contribution in [0.5, 0.6) is 0 Å². The molecule has 0 radical (unpaired) electrons. The van der Waals surface area contributed by atoms with Crippen molar-refractivity contribution in [2.45, 2.75) is 84.0 Å². The lowest BCUT2D eigenvalue weighted by molar-refractivity contribution is -0.121. The summed E-state index contributed by atoms with van der Waals surface area (Å²) >= 11 is 0. The first kappa shape index (κ1) is 39.1. The van der Waals surface area contributed by atoms with Crippen molar-refractivity contribution < 1.29 is 28.2 Å². The second-order valence-electron chi connectivity index (χ2n) is 16.6. The minimum atomic E-state index is -0.632. The number of aromatic nitrogens is 2. The number of fused-ring (bicyclic) bond motifs is 1. The topological polar surface area (TPSA) is 112 Å². The van der Waals surface area contributed by atoms with Gasteiger partial charge in [0.2, 0.25) is 5.91 Å². The highest BCUT2D eigenvalue weighted by Crippen LogP contribution is 2.40. The van der Waals surface area contributed by atoms with Crippen LogP contribution >= 0.6 is 0 Å². The zero-order chi connectivity index (χ0) is 38.9. The van der Waals surface area contributed by atoms with E-state index in [0.717, 1.165) is 48.0 Å². The standard InChI is InChI=1S/C41H54FN7O5/c1-27-21-46(35-14-11-31(20-43-35)38(51)53-8)16-15-45(27)23-33-24-48(39(52)54-40(3,4)5)28(2)22-47(33)25-36(50)49-26-41(6,7)37-34(49)18-30(19-44-37)17-29-9-12-32(42)13-10-29/h9-14,18-20,27-28,33H,15-17,21-26H2,1-8H3/t27?,28-,33+/m1/s1. The fourth-order valence-electron chi connectivity index (χ4n) is 7.80. The number of hydrogen-bond donors (Lipinski definition) is 0. The van der Waals surface area contributed by atoms with Gasteiger partial charge in [-0.15, -0.1) is 0 Å². The molecule has 2 aromatic heterocycles. The molecule has 290 valence electrons. The summed E-state index contributed by atoms with van der Waals surface area (Å²) in [7, 11) is 1.35. The first-order chi connectivity index (χ1) is 25.5. The summed E-state index contributed by atoms with van der Waals surface area (Å²) in [5.41, 5.74) is 3.08. The number of rotatable bonds is 8. The number of methoxy groups -OCH3 is 1. The third kappa shape index (κ3) is 8.84. The number of nitrogens with zero attached hydrogens (tertiary/aromatic N) is 7. The molecule has 1 unspecified atom stereocenters. The van der Waals surface area contributed by atoms with Crippen molar-refractivity contribution in [3.05, 3.63) is 83.1 Å². The molecule has 0 N–H and O–H groups in total. The summed E-state index contributed by atoms with van der Waals surface area (Å²) in [4.78, 5) is 59.7. The molecule has 5 heterocycles. The zero-order valence-corrected chi connectivity index (χ0v) is 32.8. The van der Waals surface area contributed by atoms with E-state index in [0.29, 0.717) is 38.2 Å². The van der Waals surface area contributed by atoms with Crippen LogP contribution in [0, 0.1) is 5.82 Å². The van der Waals surface area contributed by atoms with Crippen LogP contribution in [0.1, 0.15) is 75.6 Å². The lowest BCUT2D eigenvalue weighted by atomic mass is 9.91. The molecule has 12 nitrogen and oxygen atoms in total. The maximum absolute atomic E-state index is 14.4. The third-order valence-electron chi connectivity index (χ3n) is 10.7. The number of ether oxygens (including phenoxy) is 2. The Bertz CT molecular complexity index is 1830. The van der Waals surface area contributed by atoms with Crippen LogP contribution in [0.15, 0.2) is 54.9 Å². The summed E-state index contributed by atoms with van der Waals surface area (Å²) in [6.07, 6.45) is 3.64. The van der Waals surface area contributed by atoms with Gasteiger partial charge in [0, 0.05) is 81.7 Å². The van der Waals surface area contributed by atoms with Gasteiger partial charge in [-0.1, -0.05) is 26.0 Å². The highest BCUT2D eigenvalue weighted by molar-refractivity contribution is 5.97. The van der Waals surface area contributed by atoms with Crippen LogP contribution < -0.4 is 9.80 Å². The largest absolute Gasteiger partial charge is 0.465 e. The highest BCUT2D eigenvalue weighted by Gasteiger charge is 2.43. The summed E-state index contributed by atoms with van der Waals surface area (Å²) in [5, 5.41) is 0. The number of carbonyl (C=O) groups is 3. The van der Waals surface area contributed by atoms with Crippen molar-refractivity contribution in [2.24, 2.45) is 0 Å². The minimum Gasteiger partial charge on any atom is -0.465 e. The van der Waals surface area contributed by atoms with Crippen LogP contribution in [0.4, 0.5) is 20.7 Å². The average molecular weight is 744 g/mol. The molecular formula is C41H54FN7O5. The Balaban J connectivity index is 1.19. The molecule has 2 amide bonds. The second-order valence-corrected chi connectivity index (χ2v) is 16.6. The van der Waals surface area contributed by atoms with Gasteiger partial charge in [-0.2, -0.15) is 0 Å². The van der Waals surface area contributed by atoms with Gasteiger partial charge in [0.1, 0.15) is 17.2 Å². The molecule has 3 aromatic rings. The van der Waals surface area contributed by atoms with Crippen molar-refractivity contribution >= 4 is 29.5 Å². The number of anilines is 2. The summed E-state index contributed by atoms with van der Waals surface area (Å²) < 4.78 is 24.2. The normalized spacial score (nSPS) is 21.9. The number of esters is 1. The first-order valence-corrected chi connectivity index (χ1v) is 18.8. The molecule has 1 aromatic carbocycles. The fourth-order valence-corrected chi connectivity index (χ4v) is 7.80. The predicted octanol–water partition coefficient (Wildman–Crippen LogP) is 5.14. The molecule has 0 aliphatic carbocycles. The lowest BCUT2D eigenvalue weighted by Gasteiger charge is -2.48. The van der Waals surface area contributed by atoms with Gasteiger partial charge >= 0.3 is 12.1 Å². The van der Waals surface area contributed by atoms with Crippen LogP contribution in [0.3, 0.4) is 0 Å². The van der Waals surface area contributed by atoms with Crippen LogP contribution in [-0.4, -0.2) is 126 Å². The molecule has 3 aliphatic rings. The molecule has 3 atom stereocenters. The highest BCUT2D eigenvalue weighted by atomic mass is 19.1. The van der Waals surface area contributed by atoms with Crippen molar-refractivity contribution in [3.63, 3.8) is 0 Å². The van der Waals surface area contributed by atoms with E-state index < -0.39 is 11.6 Å². The molecule has 2 fully saturated rings. The lowest BCUT2D eigenvalue weighted by Crippen LogP contribution is -2.65. The summed E-state index contributed by atoms with van der Waals surface area (Å²) in [6, 6.07) is 12.0. The molecule has 0 saturated carbocycles. The number of piperazine rings is 2. The Morgan fingerprint density at radius 3 is 2.30 bits per heavy atom. The van der Waals surface area contributed by atoms with Gasteiger partial charge < -0.3 is 24.2 Å². The quantitative estimate of drug-likeness (QED) is 0.288. The van der Waals surface area contributed by atoms with Crippen LogP contribution in [0.25, 0.3) is 0 Å². The summed E-state index contributed by atoms with van der Waals surface area (Å²) in [5.74, 6) is 0.0955. The van der Waals surface area contributed by atoms with E-state index in [1.54, 1.807) is 24.4 Å². The van der Waals surface area contributed by atoms with Gasteiger partial charge in [0.15, 0.2) is 0 Å². The van der Waals surface area contributed by atoms with E-state index in [9.17, 15) is 18.8 Å². The van der Waals surface area contributed by atoms with E-state index in [4.69, 9.17) is 14.5 Å². The average Bonchev–Trinajstić information content (AvgIpc) is 3.39. The Kier molecular flexibility index (Phi) is 11.3. The molecule has 54 heavy (non-hydrogen) atoms. The fraction of sp³-hybridized carbons (Fsp3) is 0.537. The Morgan fingerprint density at radius 1 is 0.907 bits per heavy atom. The third-order valence-corrected chi connectivity index (χ3v) is 10.7. The number of pyridine rings is 2. The van der Waals surface area contributed by atoms with Crippen LogP contribution in [0.2, 0.25) is 0 Å². The molecule has 3 aliphatic heterocycles. The Hall–Kier alpha value is -4.62. The molecule has 0 bridgehead atoms. The second kappa shape index (κ2) is 15.6. The number of amides is 2. The minimum absolute atomic E-state index is 0.00943. The smallest absolute Gasteiger partial charge is 0.410 e. The molecule has 0 spiro atoms. The zero-order valence-electron chi connectivity index (χ0n) is 32.8. The number of halogens is 1. The van der Waals surface area contributed by atoms with E-state index >= 15 is 0 Å². The van der Waals surface area contributed by atoms with E-state index in [2.05, 4.69) is 46.5 Å². The van der Waals surface area contributed by atoms with Crippen molar-refractivity contribution in [1.29, 1.82) is 0 Å². The van der Waals surface area contributed by atoms with Crippen molar-refractivity contribution in [3.8, 4) is 0 Å². The van der Waals surface area contributed by atoms with Gasteiger partial charge in [0.25, 0.3) is 0 Å². The maximum Gasteiger partial charge on any atom is 0.410 e. The number of carbonyl (C=O) groups excluding carboxylic acids is 3. The maximum atomic E-state index is 14.4. The van der Waals surface area contributed by atoms with Gasteiger partial charge in [-0.25, -0.2) is 19.0 Å². The number of hydrogen-bond acceptors (Lipinski definition) is 10. The van der Waals surface area contributed by atoms with Crippen molar-refractivity contribution in [1.82, 2.24) is 24.7 Å². The molecule has 6 rings (SSSR count). The van der Waals surface area contributed by atoms with E-state index in [1.807, 2.05) is 49.8 Å². The van der Waals surface area contributed by atoms with Gasteiger partial charge in [-0.3, -0.25) is 19.6 Å². The summed E-state index contributed by atoms with van der Waals surface area (Å²) in [6.45, 7) is 18.6. The predicted molar refractivity (Wildman–Crippen MR) is 205 cm³/mol.